The Bertz CT molecular complexity index is 901. The van der Waals surface area contributed by atoms with Crippen LogP contribution in [-0.2, 0) is 4.79 Å². The number of thioether (sulfide) groups is 1. The molecular formula is C17H15N5O3S. The summed E-state index contributed by atoms with van der Waals surface area (Å²) in [4.78, 5) is 16.7. The monoisotopic (exact) mass is 369 g/mol. The second-order valence-corrected chi connectivity index (χ2v) is 6.46. The average Bonchev–Trinajstić information content (AvgIpc) is 3.45. The van der Waals surface area contributed by atoms with Crippen molar-refractivity contribution < 1.29 is 13.6 Å². The van der Waals surface area contributed by atoms with Crippen LogP contribution in [0.25, 0.3) is 6.08 Å². The summed E-state index contributed by atoms with van der Waals surface area (Å²) in [5.74, 6) is 1.50. The fraction of sp³-hybridized carbons (Fsp3) is 0.176. The minimum Gasteiger partial charge on any atom is -0.467 e. The highest BCUT2D eigenvalue weighted by molar-refractivity contribution is 7.99. The number of nitrogens with one attached hydrogen (secondary N) is 1. The molecule has 0 fully saturated rings. The first-order valence-electron chi connectivity index (χ1n) is 7.92. The fourth-order valence-corrected chi connectivity index (χ4v) is 3.22. The Morgan fingerprint density at radius 3 is 2.92 bits per heavy atom. The van der Waals surface area contributed by atoms with Crippen molar-refractivity contribution in [2.75, 3.05) is 5.75 Å². The molecule has 9 heteroatoms. The lowest BCUT2D eigenvalue weighted by Crippen LogP contribution is -2.28. The van der Waals surface area contributed by atoms with E-state index in [4.69, 9.17) is 8.83 Å². The van der Waals surface area contributed by atoms with E-state index < -0.39 is 0 Å². The largest absolute Gasteiger partial charge is 0.467 e. The van der Waals surface area contributed by atoms with Crippen LogP contribution in [0, 0.1) is 0 Å². The highest BCUT2D eigenvalue weighted by Gasteiger charge is 2.33. The molecular weight excluding hydrogens is 354 g/mol. The second kappa shape index (κ2) is 7.44. The molecule has 1 aliphatic rings. The summed E-state index contributed by atoms with van der Waals surface area (Å²) in [6, 6.07) is 7.07. The fourth-order valence-electron chi connectivity index (χ4n) is 2.59. The van der Waals surface area contributed by atoms with Crippen LogP contribution in [0.4, 0.5) is 0 Å². The topological polar surface area (TPSA) is 101 Å². The zero-order valence-corrected chi connectivity index (χ0v) is 14.4. The zero-order chi connectivity index (χ0) is 17.8. The molecule has 0 aliphatic carbocycles. The number of aromatic amines is 1. The summed E-state index contributed by atoms with van der Waals surface area (Å²) >= 11 is 1.28. The van der Waals surface area contributed by atoms with Gasteiger partial charge in [0.05, 0.1) is 24.0 Å². The van der Waals surface area contributed by atoms with Crippen molar-refractivity contribution in [2.24, 2.45) is 5.10 Å². The van der Waals surface area contributed by atoms with Crippen molar-refractivity contribution >= 4 is 29.5 Å². The molecule has 1 unspecified atom stereocenters. The predicted molar refractivity (Wildman–Crippen MR) is 95.2 cm³/mol. The molecule has 1 atom stereocenters. The molecule has 3 aromatic heterocycles. The lowest BCUT2D eigenvalue weighted by atomic mass is 10.1. The van der Waals surface area contributed by atoms with E-state index in [1.165, 1.54) is 23.1 Å². The Kier molecular flexibility index (Phi) is 4.69. The smallest absolute Gasteiger partial charge is 0.253 e. The number of furan rings is 2. The summed E-state index contributed by atoms with van der Waals surface area (Å²) in [6.45, 7) is 0. The minimum absolute atomic E-state index is 0.130. The molecule has 8 nitrogen and oxygen atoms in total. The van der Waals surface area contributed by atoms with Gasteiger partial charge in [-0.2, -0.15) is 10.2 Å². The van der Waals surface area contributed by atoms with Gasteiger partial charge in [0.15, 0.2) is 5.16 Å². The maximum atomic E-state index is 12.7. The molecule has 0 saturated carbocycles. The number of allylic oxidation sites excluding steroid dienone is 1. The number of aromatic nitrogens is 3. The quantitative estimate of drug-likeness (QED) is 0.670. The summed E-state index contributed by atoms with van der Waals surface area (Å²) in [5.41, 5.74) is 0.779. The van der Waals surface area contributed by atoms with Crippen LogP contribution in [0.1, 0.15) is 24.0 Å². The van der Waals surface area contributed by atoms with Crippen molar-refractivity contribution in [1.29, 1.82) is 0 Å². The van der Waals surface area contributed by atoms with Gasteiger partial charge in [-0.25, -0.2) is 9.99 Å². The van der Waals surface area contributed by atoms with Crippen LogP contribution in [0.2, 0.25) is 0 Å². The number of carbonyl (C=O) groups is 1. The first-order valence-corrected chi connectivity index (χ1v) is 8.91. The Balaban J connectivity index is 1.50. The van der Waals surface area contributed by atoms with Crippen LogP contribution >= 0.6 is 11.8 Å². The van der Waals surface area contributed by atoms with Gasteiger partial charge in [0.25, 0.3) is 5.91 Å². The van der Waals surface area contributed by atoms with Gasteiger partial charge in [-0.05, 0) is 36.4 Å². The molecule has 1 aliphatic heterocycles. The van der Waals surface area contributed by atoms with Crippen LogP contribution in [-0.4, -0.2) is 37.6 Å². The van der Waals surface area contributed by atoms with Crippen LogP contribution in [0.3, 0.4) is 0 Å². The summed E-state index contributed by atoms with van der Waals surface area (Å²) in [7, 11) is 0. The van der Waals surface area contributed by atoms with Crippen molar-refractivity contribution in [2.45, 2.75) is 17.6 Å². The Morgan fingerprint density at radius 1 is 1.31 bits per heavy atom. The number of H-pyrrole nitrogens is 1. The van der Waals surface area contributed by atoms with E-state index >= 15 is 0 Å². The number of carbonyl (C=O) groups excluding carboxylic acids is 1. The van der Waals surface area contributed by atoms with Gasteiger partial charge in [0, 0.05) is 6.42 Å². The first kappa shape index (κ1) is 16.4. The lowest BCUT2D eigenvalue weighted by Gasteiger charge is -2.19. The first-order chi connectivity index (χ1) is 12.8. The van der Waals surface area contributed by atoms with Crippen molar-refractivity contribution in [3.63, 3.8) is 0 Å². The summed E-state index contributed by atoms with van der Waals surface area (Å²) in [5, 5.41) is 13.0. The van der Waals surface area contributed by atoms with Gasteiger partial charge in [-0.3, -0.25) is 9.89 Å². The van der Waals surface area contributed by atoms with Crippen LogP contribution in [0.5, 0.6) is 0 Å². The maximum absolute atomic E-state index is 12.7. The van der Waals surface area contributed by atoms with Gasteiger partial charge in [-0.1, -0.05) is 11.8 Å². The van der Waals surface area contributed by atoms with E-state index in [1.807, 2.05) is 30.4 Å². The highest BCUT2D eigenvalue weighted by atomic mass is 32.2. The van der Waals surface area contributed by atoms with Gasteiger partial charge < -0.3 is 8.83 Å². The molecule has 1 amide bonds. The second-order valence-electron chi connectivity index (χ2n) is 5.49. The molecule has 4 heterocycles. The van der Waals surface area contributed by atoms with Crippen LogP contribution < -0.4 is 0 Å². The number of nitrogens with zero attached hydrogens (tertiary/aromatic N) is 4. The van der Waals surface area contributed by atoms with Crippen molar-refractivity contribution in [1.82, 2.24) is 20.2 Å². The maximum Gasteiger partial charge on any atom is 0.253 e. The molecule has 0 bridgehead atoms. The third kappa shape index (κ3) is 3.62. The van der Waals surface area contributed by atoms with Crippen molar-refractivity contribution in [3.05, 3.63) is 60.7 Å². The summed E-state index contributed by atoms with van der Waals surface area (Å²) < 4.78 is 10.8. The van der Waals surface area contributed by atoms with E-state index in [9.17, 15) is 4.79 Å². The van der Waals surface area contributed by atoms with Gasteiger partial charge in [0.1, 0.15) is 23.9 Å². The van der Waals surface area contributed by atoms with Gasteiger partial charge >= 0.3 is 0 Å². The van der Waals surface area contributed by atoms with E-state index in [-0.39, 0.29) is 17.7 Å². The summed E-state index contributed by atoms with van der Waals surface area (Å²) in [6.07, 6.45) is 8.87. The third-order valence-electron chi connectivity index (χ3n) is 3.77. The van der Waals surface area contributed by atoms with Crippen molar-refractivity contribution in [3.8, 4) is 0 Å². The van der Waals surface area contributed by atoms with E-state index in [2.05, 4.69) is 20.3 Å². The standard InChI is InChI=1S/C17H15N5O3S/c23-16(10-26-17-18-11-19-20-17)22-14(15-4-2-8-25-15)9-12(21-22)5-6-13-3-1-7-24-13/h1-8,11,14H,9-10H2,(H,18,19,20). The van der Waals surface area contributed by atoms with Gasteiger partial charge in [0.2, 0.25) is 0 Å². The molecule has 0 saturated heterocycles. The minimum atomic E-state index is -0.260. The molecule has 0 radical (unpaired) electrons. The molecule has 26 heavy (non-hydrogen) atoms. The SMILES string of the molecule is O=C(CSc1ncn[nH]1)N1N=C(C=Cc2ccco2)CC1c1ccco1. The van der Waals surface area contributed by atoms with E-state index in [1.54, 1.807) is 18.6 Å². The molecule has 0 spiro atoms. The highest BCUT2D eigenvalue weighted by Crippen LogP contribution is 2.32. The van der Waals surface area contributed by atoms with E-state index in [0.717, 1.165) is 11.5 Å². The Hall–Kier alpha value is -3.07. The molecule has 0 aromatic carbocycles. The number of amides is 1. The average molecular weight is 369 g/mol. The molecule has 3 aromatic rings. The molecule has 1 N–H and O–H groups in total. The molecule has 4 rings (SSSR count). The van der Waals surface area contributed by atoms with Gasteiger partial charge in [-0.15, -0.1) is 0 Å². The Morgan fingerprint density at radius 2 is 2.19 bits per heavy atom. The predicted octanol–water partition coefficient (Wildman–Crippen LogP) is 3.13. The van der Waals surface area contributed by atoms with Crippen LogP contribution in [0.15, 0.2) is 68.3 Å². The Labute approximate surface area is 153 Å². The number of hydrogen-bond donors (Lipinski definition) is 1. The number of hydrogen-bond acceptors (Lipinski definition) is 7. The lowest BCUT2D eigenvalue weighted by molar-refractivity contribution is -0.130. The molecule has 132 valence electrons. The number of hydrazone groups is 1. The normalized spacial score (nSPS) is 17.2. The van der Waals surface area contributed by atoms with E-state index in [0.29, 0.717) is 17.3 Å². The third-order valence-corrected chi connectivity index (χ3v) is 4.63. The number of rotatable bonds is 6. The zero-order valence-electron chi connectivity index (χ0n) is 13.6.